The van der Waals surface area contributed by atoms with Gasteiger partial charge in [0.05, 0.1) is 9.26 Å². The van der Waals surface area contributed by atoms with E-state index in [1.54, 1.807) is 7.11 Å². The molecule has 0 aliphatic rings. The van der Waals surface area contributed by atoms with E-state index in [0.717, 1.165) is 53.1 Å². The molecule has 5 heteroatoms. The summed E-state index contributed by atoms with van der Waals surface area (Å²) in [4.78, 5) is 9.35. The van der Waals surface area contributed by atoms with Gasteiger partial charge in [-0.3, -0.25) is 0 Å². The second kappa shape index (κ2) is 8.68. The van der Waals surface area contributed by atoms with Gasteiger partial charge in [0.2, 0.25) is 0 Å². The van der Waals surface area contributed by atoms with Crippen LogP contribution in [0, 0.1) is 3.57 Å². The highest BCUT2D eigenvalue weighted by atomic mass is 127. The number of aryl methyl sites for hydroxylation is 1. The molecule has 0 radical (unpaired) electrons. The van der Waals surface area contributed by atoms with E-state index in [-0.39, 0.29) is 6.10 Å². The summed E-state index contributed by atoms with van der Waals surface area (Å²) >= 11 is 2.33. The van der Waals surface area contributed by atoms with E-state index in [9.17, 15) is 0 Å². The van der Waals surface area contributed by atoms with Crippen molar-refractivity contribution >= 4 is 28.4 Å². The number of hydrogen-bond donors (Lipinski definition) is 1. The molecule has 1 aromatic heterocycles. The Hall–Kier alpha value is -0.430. The van der Waals surface area contributed by atoms with Crippen molar-refractivity contribution in [2.75, 3.05) is 19.0 Å². The summed E-state index contributed by atoms with van der Waals surface area (Å²) in [5.41, 5.74) is 1.13. The normalized spacial score (nSPS) is 12.5. The predicted octanol–water partition coefficient (Wildman–Crippen LogP) is 3.95. The molecule has 0 fully saturated rings. The van der Waals surface area contributed by atoms with E-state index in [4.69, 9.17) is 9.72 Å². The van der Waals surface area contributed by atoms with E-state index in [1.807, 2.05) is 0 Å². The minimum absolute atomic E-state index is 0.00462. The summed E-state index contributed by atoms with van der Waals surface area (Å²) < 4.78 is 6.66. The first-order chi connectivity index (χ1) is 9.17. The average Bonchev–Trinajstić information content (AvgIpc) is 2.41. The van der Waals surface area contributed by atoms with Gasteiger partial charge in [-0.2, -0.15) is 0 Å². The molecule has 0 bridgehead atoms. The van der Waals surface area contributed by atoms with Gasteiger partial charge in [-0.05, 0) is 42.4 Å². The van der Waals surface area contributed by atoms with Crippen LogP contribution in [0.25, 0.3) is 0 Å². The Morgan fingerprint density at radius 3 is 2.47 bits per heavy atom. The smallest absolute Gasteiger partial charge is 0.159 e. The van der Waals surface area contributed by atoms with Crippen molar-refractivity contribution < 1.29 is 4.74 Å². The number of anilines is 1. The molecule has 0 spiro atoms. The lowest BCUT2D eigenvalue weighted by molar-refractivity contribution is 0.0875. The topological polar surface area (TPSA) is 47.0 Å². The Morgan fingerprint density at radius 2 is 1.95 bits per heavy atom. The second-order valence-electron chi connectivity index (χ2n) is 4.48. The van der Waals surface area contributed by atoms with E-state index in [0.29, 0.717) is 0 Å². The summed E-state index contributed by atoms with van der Waals surface area (Å²) in [5, 5.41) is 3.32. The van der Waals surface area contributed by atoms with Gasteiger partial charge in [-0.25, -0.2) is 9.97 Å². The first-order valence-electron chi connectivity index (χ1n) is 7.00. The minimum Gasteiger partial charge on any atom is -0.373 e. The third kappa shape index (κ3) is 4.56. The van der Waals surface area contributed by atoms with E-state index >= 15 is 0 Å². The van der Waals surface area contributed by atoms with Crippen LogP contribution in [0.4, 0.5) is 5.82 Å². The van der Waals surface area contributed by atoms with Gasteiger partial charge in [0.1, 0.15) is 11.9 Å². The number of halogens is 1. The van der Waals surface area contributed by atoms with E-state index in [2.05, 4.69) is 53.7 Å². The number of aromatic nitrogens is 2. The maximum absolute atomic E-state index is 5.53. The van der Waals surface area contributed by atoms with Gasteiger partial charge < -0.3 is 10.1 Å². The fourth-order valence-corrected chi connectivity index (χ4v) is 2.66. The molecule has 0 saturated carbocycles. The molecular formula is C14H24IN3O. The minimum atomic E-state index is -0.00462. The fraction of sp³-hybridized carbons (Fsp3) is 0.714. The molecule has 1 N–H and O–H groups in total. The zero-order chi connectivity index (χ0) is 14.3. The van der Waals surface area contributed by atoms with Crippen LogP contribution < -0.4 is 5.32 Å². The predicted molar refractivity (Wildman–Crippen MR) is 87.6 cm³/mol. The van der Waals surface area contributed by atoms with Gasteiger partial charge in [0.15, 0.2) is 5.82 Å². The monoisotopic (exact) mass is 377 g/mol. The number of rotatable bonds is 8. The SMILES string of the molecule is CCCc1nc(C(CCC)OC)nc(NCC)c1I. The first kappa shape index (κ1) is 16.6. The highest BCUT2D eigenvalue weighted by molar-refractivity contribution is 14.1. The van der Waals surface area contributed by atoms with Gasteiger partial charge >= 0.3 is 0 Å². The summed E-state index contributed by atoms with van der Waals surface area (Å²) in [5.74, 6) is 1.75. The van der Waals surface area contributed by atoms with Crippen molar-refractivity contribution in [2.24, 2.45) is 0 Å². The quantitative estimate of drug-likeness (QED) is 0.697. The molecule has 1 atom stereocenters. The molecular weight excluding hydrogens is 353 g/mol. The Morgan fingerprint density at radius 1 is 1.21 bits per heavy atom. The van der Waals surface area contributed by atoms with Crippen LogP contribution in [0.15, 0.2) is 0 Å². The van der Waals surface area contributed by atoms with Crippen molar-refractivity contribution in [3.63, 3.8) is 0 Å². The summed E-state index contributed by atoms with van der Waals surface area (Å²) in [7, 11) is 1.73. The highest BCUT2D eigenvalue weighted by Crippen LogP contribution is 2.25. The van der Waals surface area contributed by atoms with Crippen LogP contribution in [0.3, 0.4) is 0 Å². The average molecular weight is 377 g/mol. The molecule has 108 valence electrons. The van der Waals surface area contributed by atoms with Crippen LogP contribution in [-0.4, -0.2) is 23.6 Å². The Bertz CT molecular complexity index is 371. The Balaban J connectivity index is 3.15. The fourth-order valence-electron chi connectivity index (χ4n) is 1.96. The number of methoxy groups -OCH3 is 1. The maximum atomic E-state index is 5.53. The number of nitrogens with zero attached hydrogens (tertiary/aromatic N) is 2. The van der Waals surface area contributed by atoms with Crippen LogP contribution in [0.2, 0.25) is 0 Å². The molecule has 1 heterocycles. The molecule has 0 aliphatic heterocycles. The second-order valence-corrected chi connectivity index (χ2v) is 5.56. The largest absolute Gasteiger partial charge is 0.373 e. The van der Waals surface area contributed by atoms with Gasteiger partial charge in [-0.1, -0.05) is 26.7 Å². The third-order valence-corrected chi connectivity index (χ3v) is 4.03. The molecule has 0 aromatic carbocycles. The van der Waals surface area contributed by atoms with E-state index < -0.39 is 0 Å². The molecule has 0 amide bonds. The summed E-state index contributed by atoms with van der Waals surface area (Å²) in [6.07, 6.45) is 4.08. The molecule has 19 heavy (non-hydrogen) atoms. The van der Waals surface area contributed by atoms with Crippen molar-refractivity contribution in [1.29, 1.82) is 0 Å². The molecule has 0 aliphatic carbocycles. The molecule has 1 aromatic rings. The first-order valence-corrected chi connectivity index (χ1v) is 8.08. The highest BCUT2D eigenvalue weighted by Gasteiger charge is 2.18. The summed E-state index contributed by atoms with van der Waals surface area (Å²) in [6.45, 7) is 7.27. The summed E-state index contributed by atoms with van der Waals surface area (Å²) in [6, 6.07) is 0. The van der Waals surface area contributed by atoms with E-state index in [1.165, 1.54) is 0 Å². The number of hydrogen-bond acceptors (Lipinski definition) is 4. The standard InChI is InChI=1S/C14H24IN3O/c1-5-8-10-12(15)14(16-7-3)18-13(17-10)11(19-4)9-6-2/h11H,5-9H2,1-4H3,(H,16,17,18). The molecule has 1 rings (SSSR count). The lowest BCUT2D eigenvalue weighted by Gasteiger charge is -2.17. The maximum Gasteiger partial charge on any atom is 0.159 e. The molecule has 4 nitrogen and oxygen atoms in total. The number of nitrogens with one attached hydrogen (secondary N) is 1. The van der Waals surface area contributed by atoms with Crippen molar-refractivity contribution in [1.82, 2.24) is 9.97 Å². The van der Waals surface area contributed by atoms with Crippen molar-refractivity contribution in [2.45, 2.75) is 52.6 Å². The number of ether oxygens (including phenoxy) is 1. The zero-order valence-corrected chi connectivity index (χ0v) is 14.5. The van der Waals surface area contributed by atoms with Crippen LogP contribution in [-0.2, 0) is 11.2 Å². The lowest BCUT2D eigenvalue weighted by Crippen LogP contribution is -2.13. The van der Waals surface area contributed by atoms with Crippen LogP contribution >= 0.6 is 22.6 Å². The zero-order valence-electron chi connectivity index (χ0n) is 12.3. The van der Waals surface area contributed by atoms with Crippen molar-refractivity contribution in [3.8, 4) is 0 Å². The van der Waals surface area contributed by atoms with Gasteiger partial charge in [-0.15, -0.1) is 0 Å². The van der Waals surface area contributed by atoms with Crippen LogP contribution in [0.1, 0.15) is 57.7 Å². The van der Waals surface area contributed by atoms with Crippen molar-refractivity contribution in [3.05, 3.63) is 15.1 Å². The van der Waals surface area contributed by atoms with Gasteiger partial charge in [0, 0.05) is 13.7 Å². The van der Waals surface area contributed by atoms with Gasteiger partial charge in [0.25, 0.3) is 0 Å². The third-order valence-electron chi connectivity index (χ3n) is 2.89. The lowest BCUT2D eigenvalue weighted by atomic mass is 10.2. The molecule has 0 saturated heterocycles. The molecule has 1 unspecified atom stereocenters. The Labute approximate surface area is 129 Å². The Kier molecular flexibility index (Phi) is 7.60. The van der Waals surface area contributed by atoms with Crippen LogP contribution in [0.5, 0.6) is 0 Å².